The molecule has 1 aromatic heterocycles. The first-order valence-electron chi connectivity index (χ1n) is 7.74. The average Bonchev–Trinajstić information content (AvgIpc) is 3.01. The molecule has 1 heterocycles. The second-order valence-corrected chi connectivity index (χ2v) is 5.88. The molecule has 0 atom stereocenters. The highest BCUT2D eigenvalue weighted by atomic mass is 35.5. The van der Waals surface area contributed by atoms with Gasteiger partial charge in [0, 0.05) is 25.5 Å². The Hall–Kier alpha value is -2.59. The fourth-order valence-electron chi connectivity index (χ4n) is 2.51. The molecule has 0 saturated heterocycles. The van der Waals surface area contributed by atoms with Crippen LogP contribution in [-0.4, -0.2) is 20.4 Å². The average molecular weight is 340 g/mol. The molecule has 0 aliphatic heterocycles. The first-order chi connectivity index (χ1) is 11.7. The number of carbonyl (C=O) groups is 1. The summed E-state index contributed by atoms with van der Waals surface area (Å²) >= 11 is 5.99. The van der Waals surface area contributed by atoms with Gasteiger partial charge in [0.05, 0.1) is 0 Å². The molecule has 0 bridgehead atoms. The van der Waals surface area contributed by atoms with E-state index >= 15 is 0 Å². The smallest absolute Gasteiger partial charge is 0.243 e. The molecule has 0 unspecified atom stereocenters. The third-order valence-electron chi connectivity index (χ3n) is 3.76. The topological polar surface area (TPSA) is 38.1 Å². The van der Waals surface area contributed by atoms with Crippen molar-refractivity contribution in [1.29, 1.82) is 0 Å². The molecule has 122 valence electrons. The highest BCUT2D eigenvalue weighted by Crippen LogP contribution is 2.12. The second kappa shape index (κ2) is 7.79. The highest BCUT2D eigenvalue weighted by molar-refractivity contribution is 6.28. The molecule has 0 spiro atoms. The van der Waals surface area contributed by atoms with Crippen LogP contribution >= 0.6 is 11.6 Å². The van der Waals surface area contributed by atoms with Crippen molar-refractivity contribution in [3.63, 3.8) is 0 Å². The predicted octanol–water partition coefficient (Wildman–Crippen LogP) is 3.77. The summed E-state index contributed by atoms with van der Waals surface area (Å²) < 4.78 is 1.65. The highest BCUT2D eigenvalue weighted by Gasteiger charge is 2.16. The van der Waals surface area contributed by atoms with Crippen molar-refractivity contribution in [3.05, 3.63) is 89.5 Å². The van der Waals surface area contributed by atoms with E-state index in [1.807, 2.05) is 65.6 Å². The molecular formula is C19H18ClN3O. The Morgan fingerprint density at radius 1 is 0.958 bits per heavy atom. The van der Waals surface area contributed by atoms with E-state index in [1.54, 1.807) is 17.0 Å². The first kappa shape index (κ1) is 16.3. The SMILES string of the molecule is O=C(Cn1ccnc1Cl)N(Cc1ccccc1)Cc1ccccc1. The lowest BCUT2D eigenvalue weighted by molar-refractivity contribution is -0.133. The van der Waals surface area contributed by atoms with E-state index in [2.05, 4.69) is 4.98 Å². The minimum absolute atomic E-state index is 0.00241. The van der Waals surface area contributed by atoms with Gasteiger partial charge in [-0.2, -0.15) is 0 Å². The third kappa shape index (κ3) is 4.24. The maximum absolute atomic E-state index is 12.8. The van der Waals surface area contributed by atoms with Gasteiger partial charge in [-0.1, -0.05) is 60.7 Å². The lowest BCUT2D eigenvalue weighted by Gasteiger charge is -2.23. The number of aromatic nitrogens is 2. The van der Waals surface area contributed by atoms with Gasteiger partial charge in [0.1, 0.15) is 6.54 Å². The molecular weight excluding hydrogens is 322 g/mol. The van der Waals surface area contributed by atoms with E-state index < -0.39 is 0 Å². The molecule has 2 aromatic carbocycles. The summed E-state index contributed by atoms with van der Waals surface area (Å²) in [7, 11) is 0. The number of carbonyl (C=O) groups excluding carboxylic acids is 1. The summed E-state index contributed by atoms with van der Waals surface area (Å²) in [6.07, 6.45) is 3.30. The van der Waals surface area contributed by atoms with Crippen molar-refractivity contribution < 1.29 is 4.79 Å². The van der Waals surface area contributed by atoms with Gasteiger partial charge in [-0.05, 0) is 22.7 Å². The maximum atomic E-state index is 12.8. The summed E-state index contributed by atoms with van der Waals surface area (Å²) in [5.74, 6) is 0.00241. The van der Waals surface area contributed by atoms with Crippen LogP contribution in [0.5, 0.6) is 0 Å². The van der Waals surface area contributed by atoms with E-state index in [-0.39, 0.29) is 12.5 Å². The van der Waals surface area contributed by atoms with Gasteiger partial charge in [-0.3, -0.25) is 4.79 Å². The van der Waals surface area contributed by atoms with Gasteiger partial charge in [0.25, 0.3) is 0 Å². The first-order valence-corrected chi connectivity index (χ1v) is 8.12. The molecule has 0 radical (unpaired) electrons. The Balaban J connectivity index is 1.78. The number of imidazole rings is 1. The number of benzene rings is 2. The number of nitrogens with zero attached hydrogens (tertiary/aromatic N) is 3. The molecule has 1 amide bonds. The summed E-state index contributed by atoms with van der Waals surface area (Å²) in [4.78, 5) is 18.6. The summed E-state index contributed by atoms with van der Waals surface area (Å²) in [6.45, 7) is 1.29. The van der Waals surface area contributed by atoms with Crippen LogP contribution in [0.4, 0.5) is 0 Å². The molecule has 5 heteroatoms. The lowest BCUT2D eigenvalue weighted by atomic mass is 10.1. The van der Waals surface area contributed by atoms with Crippen molar-refractivity contribution in [2.24, 2.45) is 0 Å². The van der Waals surface area contributed by atoms with Crippen LogP contribution in [0.1, 0.15) is 11.1 Å². The van der Waals surface area contributed by atoms with Crippen molar-refractivity contribution in [3.8, 4) is 0 Å². The zero-order valence-electron chi connectivity index (χ0n) is 13.2. The van der Waals surface area contributed by atoms with E-state index in [0.717, 1.165) is 11.1 Å². The van der Waals surface area contributed by atoms with Crippen LogP contribution in [-0.2, 0) is 24.4 Å². The van der Waals surface area contributed by atoms with E-state index in [1.165, 1.54) is 0 Å². The number of hydrogen-bond acceptors (Lipinski definition) is 2. The van der Waals surface area contributed by atoms with Crippen LogP contribution in [0.2, 0.25) is 5.28 Å². The zero-order valence-corrected chi connectivity index (χ0v) is 13.9. The van der Waals surface area contributed by atoms with Crippen molar-refractivity contribution in [1.82, 2.24) is 14.5 Å². The van der Waals surface area contributed by atoms with E-state index in [4.69, 9.17) is 11.6 Å². The normalized spacial score (nSPS) is 10.5. The van der Waals surface area contributed by atoms with Crippen molar-refractivity contribution in [2.75, 3.05) is 0 Å². The number of halogens is 1. The molecule has 0 fully saturated rings. The summed E-state index contributed by atoms with van der Waals surface area (Å²) in [5, 5.41) is 0.322. The number of hydrogen-bond donors (Lipinski definition) is 0. The van der Waals surface area contributed by atoms with Crippen molar-refractivity contribution in [2.45, 2.75) is 19.6 Å². The standard InChI is InChI=1S/C19H18ClN3O/c20-19-21-11-12-22(19)15-18(24)23(13-16-7-3-1-4-8-16)14-17-9-5-2-6-10-17/h1-12H,13-15H2. The third-order valence-corrected chi connectivity index (χ3v) is 4.07. The maximum Gasteiger partial charge on any atom is 0.243 e. The van der Waals surface area contributed by atoms with E-state index in [0.29, 0.717) is 18.4 Å². The fourth-order valence-corrected chi connectivity index (χ4v) is 2.69. The molecule has 24 heavy (non-hydrogen) atoms. The molecule has 0 saturated carbocycles. The van der Waals surface area contributed by atoms with Crippen LogP contribution in [0.15, 0.2) is 73.1 Å². The van der Waals surface area contributed by atoms with Gasteiger partial charge in [0.15, 0.2) is 0 Å². The van der Waals surface area contributed by atoms with Gasteiger partial charge in [-0.25, -0.2) is 4.98 Å². The summed E-state index contributed by atoms with van der Waals surface area (Å²) in [6, 6.07) is 20.0. The van der Waals surface area contributed by atoms with Crippen molar-refractivity contribution >= 4 is 17.5 Å². The van der Waals surface area contributed by atoms with Crippen LogP contribution in [0.25, 0.3) is 0 Å². The molecule has 4 nitrogen and oxygen atoms in total. The Morgan fingerprint density at radius 3 is 1.96 bits per heavy atom. The largest absolute Gasteiger partial charge is 0.332 e. The monoisotopic (exact) mass is 339 g/mol. The number of rotatable bonds is 6. The van der Waals surface area contributed by atoms with Gasteiger partial charge >= 0.3 is 0 Å². The summed E-state index contributed by atoms with van der Waals surface area (Å²) in [5.41, 5.74) is 2.19. The lowest BCUT2D eigenvalue weighted by Crippen LogP contribution is -2.33. The minimum Gasteiger partial charge on any atom is -0.332 e. The molecule has 0 N–H and O–H groups in total. The van der Waals surface area contributed by atoms with E-state index in [9.17, 15) is 4.79 Å². The molecule has 0 aliphatic carbocycles. The Morgan fingerprint density at radius 2 is 1.50 bits per heavy atom. The molecule has 3 rings (SSSR count). The van der Waals surface area contributed by atoms with Crippen LogP contribution in [0, 0.1) is 0 Å². The predicted molar refractivity (Wildman–Crippen MR) is 94.4 cm³/mol. The number of amides is 1. The minimum atomic E-state index is 0.00241. The Labute approximate surface area is 146 Å². The fraction of sp³-hybridized carbons (Fsp3) is 0.158. The Kier molecular flexibility index (Phi) is 5.29. The van der Waals surface area contributed by atoms with Gasteiger partial charge in [0.2, 0.25) is 11.2 Å². The van der Waals surface area contributed by atoms with Crippen LogP contribution < -0.4 is 0 Å². The zero-order chi connectivity index (χ0) is 16.8. The van der Waals surface area contributed by atoms with Gasteiger partial charge < -0.3 is 9.47 Å². The second-order valence-electron chi connectivity index (χ2n) is 5.55. The Bertz CT molecular complexity index is 745. The molecule has 0 aliphatic rings. The quantitative estimate of drug-likeness (QED) is 0.685. The van der Waals surface area contributed by atoms with Gasteiger partial charge in [-0.15, -0.1) is 0 Å². The van der Waals surface area contributed by atoms with Crippen LogP contribution in [0.3, 0.4) is 0 Å². The molecule has 3 aromatic rings.